The average molecular weight is 415 g/mol. The lowest BCUT2D eigenvalue weighted by Gasteiger charge is -2.32. The summed E-state index contributed by atoms with van der Waals surface area (Å²) in [5.74, 6) is -0.680. The van der Waals surface area contributed by atoms with E-state index in [4.69, 9.17) is 5.11 Å². The monoisotopic (exact) mass is 414 g/mol. The number of carboxylic acid groups (broad SMARTS) is 1. The quantitative estimate of drug-likeness (QED) is 0.156. The van der Waals surface area contributed by atoms with E-state index in [-0.39, 0.29) is 6.10 Å². The van der Waals surface area contributed by atoms with E-state index in [2.05, 4.69) is 21.0 Å². The second-order valence-electron chi connectivity index (χ2n) is 9.73. The molecule has 2 N–H and O–H groups in total. The van der Waals surface area contributed by atoms with Gasteiger partial charge in [-0.2, -0.15) is 0 Å². The molecule has 0 fully saturated rings. The smallest absolute Gasteiger partial charge is 0.303 e. The Morgan fingerprint density at radius 1 is 0.724 bits per heavy atom. The minimum absolute atomic E-state index is 0.171. The van der Waals surface area contributed by atoms with Crippen LogP contribution in [0.2, 0.25) is 0 Å². The van der Waals surface area contributed by atoms with Crippen molar-refractivity contribution in [2.75, 3.05) is 27.2 Å². The Labute approximate surface area is 181 Å². The number of hydrogen-bond donors (Lipinski definition) is 2. The second-order valence-corrected chi connectivity index (χ2v) is 9.73. The van der Waals surface area contributed by atoms with Crippen molar-refractivity contribution in [1.29, 1.82) is 0 Å². The van der Waals surface area contributed by atoms with Crippen LogP contribution in [0.5, 0.6) is 0 Å². The molecule has 0 rings (SSSR count). The van der Waals surface area contributed by atoms with Gasteiger partial charge in [0.25, 0.3) is 0 Å². The minimum atomic E-state index is -0.680. The van der Waals surface area contributed by atoms with Crippen molar-refractivity contribution >= 4 is 5.97 Å². The molecule has 1 unspecified atom stereocenters. The molecule has 29 heavy (non-hydrogen) atoms. The standard InChI is InChI=1S/C25H51NO3/c1-4-5-6-7-8-9-10-11-14-17-20-24(27)23-26(2,3)22-19-16-13-12-15-18-21-25(28)29/h24,27H,4-23H2,1-3H3/p+1. The number of aliphatic carboxylic acids is 1. The fourth-order valence-corrected chi connectivity index (χ4v) is 4.14. The van der Waals surface area contributed by atoms with Gasteiger partial charge in [-0.1, -0.05) is 90.4 Å². The minimum Gasteiger partial charge on any atom is -0.481 e. The lowest BCUT2D eigenvalue weighted by atomic mass is 10.0. The third kappa shape index (κ3) is 21.9. The molecular weight excluding hydrogens is 362 g/mol. The van der Waals surface area contributed by atoms with Gasteiger partial charge in [-0.15, -0.1) is 0 Å². The Morgan fingerprint density at radius 3 is 1.69 bits per heavy atom. The molecule has 1 atom stereocenters. The topological polar surface area (TPSA) is 57.5 Å². The van der Waals surface area contributed by atoms with Crippen molar-refractivity contribution in [3.63, 3.8) is 0 Å². The fraction of sp³-hybridized carbons (Fsp3) is 0.960. The van der Waals surface area contributed by atoms with Gasteiger partial charge in [0.2, 0.25) is 0 Å². The number of carbonyl (C=O) groups is 1. The lowest BCUT2D eigenvalue weighted by Crippen LogP contribution is -2.45. The number of unbranched alkanes of at least 4 members (excludes halogenated alkanes) is 14. The molecule has 0 saturated carbocycles. The van der Waals surface area contributed by atoms with Gasteiger partial charge in [0.1, 0.15) is 12.6 Å². The third-order valence-electron chi connectivity index (χ3n) is 6.00. The maximum Gasteiger partial charge on any atom is 0.303 e. The maximum atomic E-state index is 10.5. The Kier molecular flexibility index (Phi) is 19.0. The van der Waals surface area contributed by atoms with Crippen LogP contribution in [0.25, 0.3) is 0 Å². The van der Waals surface area contributed by atoms with Crippen LogP contribution in [0.1, 0.15) is 122 Å². The first-order valence-electron chi connectivity index (χ1n) is 12.6. The molecule has 0 aliphatic carbocycles. The van der Waals surface area contributed by atoms with Gasteiger partial charge in [0.15, 0.2) is 0 Å². The zero-order valence-electron chi connectivity index (χ0n) is 20.0. The Bertz CT molecular complexity index is 371. The van der Waals surface area contributed by atoms with Crippen LogP contribution in [0.3, 0.4) is 0 Å². The number of quaternary nitrogens is 1. The molecule has 0 saturated heterocycles. The number of rotatable bonds is 22. The van der Waals surface area contributed by atoms with Crippen molar-refractivity contribution in [3.8, 4) is 0 Å². The van der Waals surface area contributed by atoms with E-state index >= 15 is 0 Å². The van der Waals surface area contributed by atoms with Gasteiger partial charge in [-0.3, -0.25) is 4.79 Å². The van der Waals surface area contributed by atoms with E-state index in [1.54, 1.807) is 0 Å². The molecule has 4 nitrogen and oxygen atoms in total. The molecule has 0 aromatic heterocycles. The van der Waals surface area contributed by atoms with Crippen molar-refractivity contribution in [1.82, 2.24) is 0 Å². The number of aliphatic hydroxyl groups is 1. The van der Waals surface area contributed by atoms with Crippen LogP contribution in [-0.4, -0.2) is 54.0 Å². The van der Waals surface area contributed by atoms with E-state index in [1.165, 1.54) is 77.0 Å². The summed E-state index contributed by atoms with van der Waals surface area (Å²) < 4.78 is 0.901. The first-order chi connectivity index (χ1) is 13.9. The van der Waals surface area contributed by atoms with Gasteiger partial charge in [-0.05, 0) is 25.7 Å². The highest BCUT2D eigenvalue weighted by molar-refractivity contribution is 5.66. The Hall–Kier alpha value is -0.610. The first kappa shape index (κ1) is 28.4. The number of aliphatic hydroxyl groups excluding tert-OH is 1. The van der Waals surface area contributed by atoms with E-state index in [0.717, 1.165) is 49.7 Å². The Balaban J connectivity index is 3.51. The summed E-state index contributed by atoms with van der Waals surface area (Å²) in [6, 6.07) is 0. The molecule has 174 valence electrons. The van der Waals surface area contributed by atoms with Gasteiger partial charge in [0, 0.05) is 6.42 Å². The molecule has 0 aliphatic rings. The molecule has 0 spiro atoms. The van der Waals surface area contributed by atoms with E-state index in [9.17, 15) is 9.90 Å². The van der Waals surface area contributed by atoms with Gasteiger partial charge in [-0.25, -0.2) is 0 Å². The predicted octanol–water partition coefficient (Wildman–Crippen LogP) is 6.55. The van der Waals surface area contributed by atoms with Gasteiger partial charge >= 0.3 is 5.97 Å². The summed E-state index contributed by atoms with van der Waals surface area (Å²) in [5, 5.41) is 19.0. The number of carboxylic acids is 1. The summed E-state index contributed by atoms with van der Waals surface area (Å²) in [5.41, 5.74) is 0. The van der Waals surface area contributed by atoms with Crippen LogP contribution in [0.4, 0.5) is 0 Å². The third-order valence-corrected chi connectivity index (χ3v) is 6.00. The lowest BCUT2D eigenvalue weighted by molar-refractivity contribution is -0.893. The summed E-state index contributed by atoms with van der Waals surface area (Å²) in [6.45, 7) is 4.24. The van der Waals surface area contributed by atoms with Crippen LogP contribution < -0.4 is 0 Å². The van der Waals surface area contributed by atoms with Crippen molar-refractivity contribution in [2.45, 2.75) is 129 Å². The summed E-state index contributed by atoms with van der Waals surface area (Å²) >= 11 is 0. The average Bonchev–Trinajstić information content (AvgIpc) is 2.64. The van der Waals surface area contributed by atoms with Crippen LogP contribution in [-0.2, 0) is 4.79 Å². The van der Waals surface area contributed by atoms with Crippen LogP contribution in [0, 0.1) is 0 Å². The zero-order valence-corrected chi connectivity index (χ0v) is 20.0. The SMILES string of the molecule is CCCCCCCCCCCCC(O)C[N+](C)(C)CCCCCCCCC(=O)O. The summed E-state index contributed by atoms with van der Waals surface area (Å²) in [4.78, 5) is 10.5. The molecule has 0 heterocycles. The summed E-state index contributed by atoms with van der Waals surface area (Å²) in [7, 11) is 4.46. The summed E-state index contributed by atoms with van der Waals surface area (Å²) in [6.07, 6.45) is 21.1. The molecule has 0 aromatic rings. The molecule has 0 radical (unpaired) electrons. The van der Waals surface area contributed by atoms with Crippen LogP contribution in [0.15, 0.2) is 0 Å². The van der Waals surface area contributed by atoms with Crippen molar-refractivity contribution in [2.24, 2.45) is 0 Å². The normalized spacial score (nSPS) is 13.0. The van der Waals surface area contributed by atoms with E-state index in [1.807, 2.05) is 0 Å². The highest BCUT2D eigenvalue weighted by Gasteiger charge is 2.19. The van der Waals surface area contributed by atoms with Crippen molar-refractivity contribution < 1.29 is 19.5 Å². The molecule has 4 heteroatoms. The van der Waals surface area contributed by atoms with Gasteiger partial charge in [0.05, 0.1) is 20.6 Å². The highest BCUT2D eigenvalue weighted by atomic mass is 16.4. The van der Waals surface area contributed by atoms with E-state index in [0.29, 0.717) is 6.42 Å². The predicted molar refractivity (Wildman–Crippen MR) is 124 cm³/mol. The largest absolute Gasteiger partial charge is 0.481 e. The second kappa shape index (κ2) is 19.4. The van der Waals surface area contributed by atoms with Crippen LogP contribution >= 0.6 is 0 Å². The molecular formula is C25H52NO3+. The first-order valence-corrected chi connectivity index (χ1v) is 12.6. The number of hydrogen-bond acceptors (Lipinski definition) is 2. The highest BCUT2D eigenvalue weighted by Crippen LogP contribution is 2.14. The number of likely N-dealkylation sites (N-methyl/N-ethyl adjacent to an activating group) is 1. The fourth-order valence-electron chi connectivity index (χ4n) is 4.14. The van der Waals surface area contributed by atoms with E-state index < -0.39 is 5.97 Å². The maximum absolute atomic E-state index is 10.5. The molecule has 0 bridgehead atoms. The molecule has 0 aliphatic heterocycles. The molecule has 0 aromatic carbocycles. The van der Waals surface area contributed by atoms with Gasteiger partial charge < -0.3 is 14.7 Å². The zero-order chi connectivity index (χ0) is 21.8. The number of nitrogens with zero attached hydrogens (tertiary/aromatic N) is 1. The van der Waals surface area contributed by atoms with Crippen molar-refractivity contribution in [3.05, 3.63) is 0 Å². The molecule has 0 amide bonds. The Morgan fingerprint density at radius 2 is 1.17 bits per heavy atom.